The van der Waals surface area contributed by atoms with E-state index in [1.54, 1.807) is 18.4 Å². The number of hydrogen-bond acceptors (Lipinski definition) is 4. The number of amides is 1. The lowest BCUT2D eigenvalue weighted by atomic mass is 10.1. The fourth-order valence-electron chi connectivity index (χ4n) is 2.12. The minimum atomic E-state index is -0.450. The highest BCUT2D eigenvalue weighted by Crippen LogP contribution is 2.24. The highest BCUT2D eigenvalue weighted by atomic mass is 32.2. The molecule has 0 bridgehead atoms. The van der Waals surface area contributed by atoms with E-state index in [9.17, 15) is 9.18 Å². The Balaban J connectivity index is 1.85. The number of anilines is 1. The van der Waals surface area contributed by atoms with E-state index in [-0.39, 0.29) is 11.5 Å². The molecule has 5 nitrogen and oxygen atoms in total. The summed E-state index contributed by atoms with van der Waals surface area (Å²) in [4.78, 5) is 12.9. The largest absolute Gasteiger partial charge is 0.320 e. The predicted molar refractivity (Wildman–Crippen MR) is 88.0 cm³/mol. The summed E-state index contributed by atoms with van der Waals surface area (Å²) in [7, 11) is 0. The molecule has 1 heterocycles. The Labute approximate surface area is 136 Å². The summed E-state index contributed by atoms with van der Waals surface area (Å²) in [5.41, 5.74) is 1.75. The average Bonchev–Trinajstić information content (AvgIpc) is 3.05. The molecule has 2 aromatic carbocycles. The van der Waals surface area contributed by atoms with E-state index in [1.807, 2.05) is 30.3 Å². The van der Waals surface area contributed by atoms with Gasteiger partial charge in [-0.15, -0.1) is 11.8 Å². The molecule has 0 unspecified atom stereocenters. The highest BCUT2D eigenvalue weighted by molar-refractivity contribution is 7.98. The molecule has 0 aliphatic carbocycles. The number of benzene rings is 2. The Bertz CT molecular complexity index is 835. The van der Waals surface area contributed by atoms with Crippen molar-refractivity contribution < 1.29 is 9.18 Å². The van der Waals surface area contributed by atoms with Crippen LogP contribution < -0.4 is 5.32 Å². The zero-order valence-electron chi connectivity index (χ0n) is 12.2. The average molecular weight is 328 g/mol. The Morgan fingerprint density at radius 3 is 2.65 bits per heavy atom. The molecule has 23 heavy (non-hydrogen) atoms. The molecule has 0 saturated heterocycles. The second kappa shape index (κ2) is 6.62. The van der Waals surface area contributed by atoms with Crippen LogP contribution in [-0.4, -0.2) is 27.6 Å². The third-order valence-electron chi connectivity index (χ3n) is 3.22. The maximum absolute atomic E-state index is 13.8. The summed E-state index contributed by atoms with van der Waals surface area (Å²) in [6.07, 6.45) is 1.79. The van der Waals surface area contributed by atoms with E-state index < -0.39 is 5.91 Å². The Kier molecular flexibility index (Phi) is 4.38. The van der Waals surface area contributed by atoms with E-state index in [1.165, 1.54) is 17.8 Å². The molecule has 0 saturated carbocycles. The number of hydrogen-bond donors (Lipinski definition) is 2. The minimum Gasteiger partial charge on any atom is -0.320 e. The summed E-state index contributed by atoms with van der Waals surface area (Å²) in [5, 5.41) is 13.0. The molecule has 2 N–H and O–H groups in total. The summed E-state index contributed by atoms with van der Waals surface area (Å²) < 4.78 is 13.8. The fourth-order valence-corrected chi connectivity index (χ4v) is 2.58. The third-order valence-corrected chi connectivity index (χ3v) is 3.99. The van der Waals surface area contributed by atoms with Crippen LogP contribution in [0.1, 0.15) is 10.5 Å². The number of aromatic nitrogens is 3. The first-order valence-electron chi connectivity index (χ1n) is 6.80. The number of carbonyl (C=O) groups is 1. The van der Waals surface area contributed by atoms with Gasteiger partial charge in [-0.3, -0.25) is 4.79 Å². The lowest BCUT2D eigenvalue weighted by Crippen LogP contribution is -2.13. The second-order valence-corrected chi connectivity index (χ2v) is 5.54. The van der Waals surface area contributed by atoms with E-state index in [4.69, 9.17) is 0 Å². The van der Waals surface area contributed by atoms with Gasteiger partial charge in [-0.1, -0.05) is 30.3 Å². The number of thioether (sulfide) groups is 1. The molecule has 0 fully saturated rings. The molecule has 0 aliphatic heterocycles. The highest BCUT2D eigenvalue weighted by Gasteiger charge is 2.18. The molecule has 1 aromatic heterocycles. The first kappa shape index (κ1) is 15.2. The SMILES string of the molecule is CSc1ccc(NC(=O)c2n[nH]nc2-c2ccccc2)cc1F. The van der Waals surface area contributed by atoms with Crippen LogP contribution in [0.5, 0.6) is 0 Å². The molecule has 0 spiro atoms. The monoisotopic (exact) mass is 328 g/mol. The molecule has 1 amide bonds. The number of aromatic amines is 1. The maximum atomic E-state index is 13.8. The van der Waals surface area contributed by atoms with Gasteiger partial charge in [0.1, 0.15) is 11.5 Å². The second-order valence-electron chi connectivity index (χ2n) is 4.69. The van der Waals surface area contributed by atoms with Crippen molar-refractivity contribution in [2.45, 2.75) is 4.90 Å². The van der Waals surface area contributed by atoms with E-state index in [0.717, 1.165) is 5.56 Å². The van der Waals surface area contributed by atoms with Crippen molar-refractivity contribution in [2.24, 2.45) is 0 Å². The van der Waals surface area contributed by atoms with Crippen molar-refractivity contribution in [3.05, 3.63) is 60.0 Å². The van der Waals surface area contributed by atoms with Crippen molar-refractivity contribution in [3.8, 4) is 11.3 Å². The quantitative estimate of drug-likeness (QED) is 0.718. The van der Waals surface area contributed by atoms with Crippen molar-refractivity contribution in [1.82, 2.24) is 15.4 Å². The molecular weight excluding hydrogens is 315 g/mol. The molecule has 0 aliphatic rings. The van der Waals surface area contributed by atoms with Crippen molar-refractivity contribution >= 4 is 23.4 Å². The van der Waals surface area contributed by atoms with E-state index in [0.29, 0.717) is 16.3 Å². The topological polar surface area (TPSA) is 70.7 Å². The lowest BCUT2D eigenvalue weighted by Gasteiger charge is -2.06. The van der Waals surface area contributed by atoms with Gasteiger partial charge in [-0.2, -0.15) is 15.4 Å². The van der Waals surface area contributed by atoms with Gasteiger partial charge in [-0.25, -0.2) is 4.39 Å². The number of nitrogens with zero attached hydrogens (tertiary/aromatic N) is 2. The third kappa shape index (κ3) is 3.24. The standard InChI is InChI=1S/C16H13FN4OS/c1-23-13-8-7-11(9-12(13)17)18-16(22)15-14(19-21-20-15)10-5-3-2-4-6-10/h2-9H,1H3,(H,18,22)(H,19,20,21). The number of carbonyl (C=O) groups excluding carboxylic acids is 1. The number of nitrogens with one attached hydrogen (secondary N) is 2. The molecule has 7 heteroatoms. The van der Waals surface area contributed by atoms with Crippen molar-refractivity contribution in [2.75, 3.05) is 11.6 Å². The minimum absolute atomic E-state index is 0.158. The van der Waals surface area contributed by atoms with Gasteiger partial charge in [-0.05, 0) is 24.5 Å². The first-order chi connectivity index (χ1) is 11.2. The predicted octanol–water partition coefficient (Wildman–Crippen LogP) is 3.59. The molecular formula is C16H13FN4OS. The summed E-state index contributed by atoms with van der Waals surface area (Å²) in [6, 6.07) is 13.8. The maximum Gasteiger partial charge on any atom is 0.278 e. The van der Waals surface area contributed by atoms with Crippen LogP contribution in [0.15, 0.2) is 53.4 Å². The molecule has 3 rings (SSSR count). The van der Waals surface area contributed by atoms with Gasteiger partial charge < -0.3 is 5.32 Å². The van der Waals surface area contributed by atoms with Crippen LogP contribution in [0.25, 0.3) is 11.3 Å². The number of rotatable bonds is 4. The van der Waals surface area contributed by atoms with E-state index >= 15 is 0 Å². The Hall–Kier alpha value is -2.67. The van der Waals surface area contributed by atoms with Gasteiger partial charge in [0.2, 0.25) is 0 Å². The normalized spacial score (nSPS) is 10.5. The van der Waals surface area contributed by atoms with Gasteiger partial charge >= 0.3 is 0 Å². The molecule has 0 radical (unpaired) electrons. The number of halogens is 1. The molecule has 0 atom stereocenters. The smallest absolute Gasteiger partial charge is 0.278 e. The van der Waals surface area contributed by atoms with Crippen LogP contribution >= 0.6 is 11.8 Å². The van der Waals surface area contributed by atoms with Crippen molar-refractivity contribution in [1.29, 1.82) is 0 Å². The summed E-state index contributed by atoms with van der Waals surface area (Å²) >= 11 is 1.31. The fraction of sp³-hybridized carbons (Fsp3) is 0.0625. The molecule has 116 valence electrons. The van der Waals surface area contributed by atoms with Crippen LogP contribution in [0.4, 0.5) is 10.1 Å². The van der Waals surface area contributed by atoms with E-state index in [2.05, 4.69) is 20.7 Å². The summed E-state index contributed by atoms with van der Waals surface area (Å²) in [6.45, 7) is 0. The van der Waals surface area contributed by atoms with Crippen LogP contribution in [0.2, 0.25) is 0 Å². The summed E-state index contributed by atoms with van der Waals surface area (Å²) in [5.74, 6) is -0.826. The Morgan fingerprint density at radius 1 is 1.17 bits per heavy atom. The number of H-pyrrole nitrogens is 1. The van der Waals surface area contributed by atoms with Gasteiger partial charge in [0, 0.05) is 16.1 Å². The zero-order chi connectivity index (χ0) is 16.2. The van der Waals surface area contributed by atoms with Gasteiger partial charge in [0.25, 0.3) is 5.91 Å². The van der Waals surface area contributed by atoms with Gasteiger partial charge in [0.05, 0.1) is 0 Å². The van der Waals surface area contributed by atoms with Crippen LogP contribution in [0, 0.1) is 5.82 Å². The molecule has 3 aromatic rings. The Morgan fingerprint density at radius 2 is 1.96 bits per heavy atom. The lowest BCUT2D eigenvalue weighted by molar-refractivity contribution is 0.102. The van der Waals surface area contributed by atoms with Gasteiger partial charge in [0.15, 0.2) is 5.69 Å². The van der Waals surface area contributed by atoms with Crippen molar-refractivity contribution in [3.63, 3.8) is 0 Å². The van der Waals surface area contributed by atoms with Crippen LogP contribution in [-0.2, 0) is 0 Å². The first-order valence-corrected chi connectivity index (χ1v) is 8.02. The van der Waals surface area contributed by atoms with Crippen LogP contribution in [0.3, 0.4) is 0 Å². The zero-order valence-corrected chi connectivity index (χ0v) is 13.0.